The number of pyridine rings is 1. The SMILES string of the molecule is O=C(Cn1ccc(=O)c2ccc(Cl)cc21)NCc1ccco1. The van der Waals surface area contributed by atoms with Crippen LogP contribution in [0.25, 0.3) is 10.9 Å². The Morgan fingerprint density at radius 3 is 2.91 bits per heavy atom. The highest BCUT2D eigenvalue weighted by Gasteiger charge is 2.08. The second kappa shape index (κ2) is 6.07. The van der Waals surface area contributed by atoms with Crippen molar-refractivity contribution in [3.8, 4) is 0 Å². The van der Waals surface area contributed by atoms with E-state index in [0.717, 1.165) is 0 Å². The molecule has 3 aromatic rings. The number of hydrogen-bond donors (Lipinski definition) is 1. The lowest BCUT2D eigenvalue weighted by molar-refractivity contribution is -0.121. The monoisotopic (exact) mass is 316 g/mol. The van der Waals surface area contributed by atoms with Crippen molar-refractivity contribution in [3.63, 3.8) is 0 Å². The molecule has 2 heterocycles. The summed E-state index contributed by atoms with van der Waals surface area (Å²) in [5.41, 5.74) is 0.534. The largest absolute Gasteiger partial charge is 0.467 e. The highest BCUT2D eigenvalue weighted by atomic mass is 35.5. The van der Waals surface area contributed by atoms with Crippen LogP contribution in [-0.2, 0) is 17.9 Å². The summed E-state index contributed by atoms with van der Waals surface area (Å²) in [6.45, 7) is 0.419. The number of carbonyl (C=O) groups excluding carboxylic acids is 1. The molecule has 6 heteroatoms. The molecule has 0 bridgehead atoms. The van der Waals surface area contributed by atoms with Gasteiger partial charge in [-0.05, 0) is 30.3 Å². The smallest absolute Gasteiger partial charge is 0.240 e. The number of amides is 1. The van der Waals surface area contributed by atoms with Gasteiger partial charge in [-0.2, -0.15) is 0 Å². The number of halogens is 1. The molecule has 0 atom stereocenters. The third-order valence-corrected chi connectivity index (χ3v) is 3.53. The van der Waals surface area contributed by atoms with E-state index in [9.17, 15) is 9.59 Å². The second-order valence-electron chi connectivity index (χ2n) is 4.83. The minimum Gasteiger partial charge on any atom is -0.467 e. The van der Waals surface area contributed by atoms with Gasteiger partial charge in [0.1, 0.15) is 12.3 Å². The molecule has 1 aromatic carbocycles. The summed E-state index contributed by atoms with van der Waals surface area (Å²) < 4.78 is 6.85. The molecule has 1 N–H and O–H groups in total. The van der Waals surface area contributed by atoms with Gasteiger partial charge in [0.05, 0.1) is 18.3 Å². The molecule has 0 aliphatic carbocycles. The van der Waals surface area contributed by atoms with Crippen LogP contribution in [0.3, 0.4) is 0 Å². The fourth-order valence-corrected chi connectivity index (χ4v) is 2.39. The highest BCUT2D eigenvalue weighted by Crippen LogP contribution is 2.16. The van der Waals surface area contributed by atoms with E-state index in [4.69, 9.17) is 16.0 Å². The predicted octanol–water partition coefficient (Wildman–Crippen LogP) is 2.56. The zero-order valence-corrected chi connectivity index (χ0v) is 12.3. The third-order valence-electron chi connectivity index (χ3n) is 3.29. The molecule has 0 aliphatic rings. The van der Waals surface area contributed by atoms with Crippen LogP contribution in [0, 0.1) is 0 Å². The Morgan fingerprint density at radius 1 is 1.27 bits per heavy atom. The first-order chi connectivity index (χ1) is 10.6. The minimum absolute atomic E-state index is 0.0951. The molecule has 0 fully saturated rings. The van der Waals surface area contributed by atoms with Crippen molar-refractivity contribution in [1.29, 1.82) is 0 Å². The first kappa shape index (κ1) is 14.4. The first-order valence-electron chi connectivity index (χ1n) is 6.71. The summed E-state index contributed by atoms with van der Waals surface area (Å²) in [6, 6.07) is 9.99. The topological polar surface area (TPSA) is 64.2 Å². The molecule has 5 nitrogen and oxygen atoms in total. The Hall–Kier alpha value is -2.53. The Kier molecular flexibility index (Phi) is 3.98. The second-order valence-corrected chi connectivity index (χ2v) is 5.26. The van der Waals surface area contributed by atoms with Crippen molar-refractivity contribution in [2.24, 2.45) is 0 Å². The molecular weight excluding hydrogens is 304 g/mol. The molecule has 0 saturated carbocycles. The molecule has 1 amide bonds. The molecule has 2 aromatic heterocycles. The summed E-state index contributed by atoms with van der Waals surface area (Å²) in [5, 5.41) is 3.81. The molecular formula is C16H13ClN2O3. The van der Waals surface area contributed by atoms with Crippen LogP contribution < -0.4 is 10.7 Å². The fourth-order valence-electron chi connectivity index (χ4n) is 2.23. The predicted molar refractivity (Wildman–Crippen MR) is 83.8 cm³/mol. The lowest BCUT2D eigenvalue weighted by atomic mass is 10.2. The number of furan rings is 1. The van der Waals surface area contributed by atoms with E-state index in [1.165, 1.54) is 6.07 Å². The van der Waals surface area contributed by atoms with Crippen LogP contribution >= 0.6 is 11.6 Å². The molecule has 0 spiro atoms. The van der Waals surface area contributed by atoms with Crippen molar-refractivity contribution in [1.82, 2.24) is 9.88 Å². The molecule has 0 radical (unpaired) electrons. The normalized spacial score (nSPS) is 10.8. The number of rotatable bonds is 4. The maximum absolute atomic E-state index is 12.0. The number of carbonyl (C=O) groups is 1. The van der Waals surface area contributed by atoms with Gasteiger partial charge in [-0.15, -0.1) is 0 Å². The average Bonchev–Trinajstić information content (AvgIpc) is 3.01. The molecule has 22 heavy (non-hydrogen) atoms. The lowest BCUT2D eigenvalue weighted by Gasteiger charge is -2.11. The Balaban J connectivity index is 1.81. The standard InChI is InChI=1S/C16H13ClN2O3/c17-11-3-4-13-14(8-11)19(6-5-15(13)20)10-16(21)18-9-12-2-1-7-22-12/h1-8H,9-10H2,(H,18,21). The molecule has 0 saturated heterocycles. The third kappa shape index (κ3) is 3.04. The summed E-state index contributed by atoms with van der Waals surface area (Å²) in [5.74, 6) is 0.502. The van der Waals surface area contributed by atoms with Crippen LogP contribution in [0.15, 0.2) is 58.1 Å². The zero-order chi connectivity index (χ0) is 15.5. The number of benzene rings is 1. The fraction of sp³-hybridized carbons (Fsp3) is 0.125. The summed E-state index contributed by atoms with van der Waals surface area (Å²) >= 11 is 5.98. The van der Waals surface area contributed by atoms with Crippen LogP contribution in [-0.4, -0.2) is 10.5 Å². The van der Waals surface area contributed by atoms with Gasteiger partial charge in [0, 0.05) is 22.7 Å². The maximum Gasteiger partial charge on any atom is 0.240 e. The van der Waals surface area contributed by atoms with Crippen molar-refractivity contribution in [3.05, 3.63) is 69.9 Å². The average molecular weight is 317 g/mol. The maximum atomic E-state index is 12.0. The van der Waals surface area contributed by atoms with Gasteiger partial charge in [-0.25, -0.2) is 0 Å². The minimum atomic E-state index is -0.179. The quantitative estimate of drug-likeness (QED) is 0.804. The van der Waals surface area contributed by atoms with E-state index in [2.05, 4.69) is 5.32 Å². The van der Waals surface area contributed by atoms with Gasteiger partial charge >= 0.3 is 0 Å². The Labute approximate surface area is 131 Å². The van der Waals surface area contributed by atoms with E-state index in [1.807, 2.05) is 0 Å². The lowest BCUT2D eigenvalue weighted by Crippen LogP contribution is -2.27. The van der Waals surface area contributed by atoms with Crippen molar-refractivity contribution < 1.29 is 9.21 Å². The summed E-state index contributed by atoms with van der Waals surface area (Å²) in [4.78, 5) is 23.9. The van der Waals surface area contributed by atoms with Crippen LogP contribution in [0.4, 0.5) is 0 Å². The molecule has 0 unspecified atom stereocenters. The van der Waals surface area contributed by atoms with Gasteiger partial charge < -0.3 is 14.3 Å². The summed E-state index contributed by atoms with van der Waals surface area (Å²) in [7, 11) is 0. The van der Waals surface area contributed by atoms with Crippen LogP contribution in [0.1, 0.15) is 5.76 Å². The number of nitrogens with one attached hydrogen (secondary N) is 1. The number of nitrogens with zero attached hydrogens (tertiary/aromatic N) is 1. The zero-order valence-electron chi connectivity index (χ0n) is 11.6. The van der Waals surface area contributed by atoms with Crippen molar-refractivity contribution in [2.75, 3.05) is 0 Å². The summed E-state index contributed by atoms with van der Waals surface area (Å²) in [6.07, 6.45) is 3.15. The van der Waals surface area contributed by atoms with Crippen LogP contribution in [0.5, 0.6) is 0 Å². The Bertz CT molecular complexity index is 869. The van der Waals surface area contributed by atoms with Gasteiger partial charge in [-0.1, -0.05) is 11.6 Å². The molecule has 0 aliphatic heterocycles. The number of aromatic nitrogens is 1. The van der Waals surface area contributed by atoms with Gasteiger partial charge in [0.2, 0.25) is 5.91 Å². The number of fused-ring (bicyclic) bond motifs is 1. The Morgan fingerprint density at radius 2 is 2.14 bits per heavy atom. The van der Waals surface area contributed by atoms with E-state index in [1.54, 1.807) is 47.4 Å². The molecule has 3 rings (SSSR count). The highest BCUT2D eigenvalue weighted by molar-refractivity contribution is 6.31. The van der Waals surface area contributed by atoms with Gasteiger partial charge in [-0.3, -0.25) is 9.59 Å². The first-order valence-corrected chi connectivity index (χ1v) is 7.09. The van der Waals surface area contributed by atoms with E-state index >= 15 is 0 Å². The van der Waals surface area contributed by atoms with Crippen LogP contribution in [0.2, 0.25) is 5.02 Å². The van der Waals surface area contributed by atoms with Crippen molar-refractivity contribution >= 4 is 28.4 Å². The molecule has 112 valence electrons. The van der Waals surface area contributed by atoms with Crippen molar-refractivity contribution in [2.45, 2.75) is 13.1 Å². The number of hydrogen-bond acceptors (Lipinski definition) is 3. The van der Waals surface area contributed by atoms with E-state index in [-0.39, 0.29) is 17.9 Å². The van der Waals surface area contributed by atoms with Gasteiger partial charge in [0.15, 0.2) is 5.43 Å². The van der Waals surface area contributed by atoms with E-state index < -0.39 is 0 Å². The van der Waals surface area contributed by atoms with Gasteiger partial charge in [0.25, 0.3) is 0 Å². The van der Waals surface area contributed by atoms with E-state index in [0.29, 0.717) is 28.2 Å².